The van der Waals surface area contributed by atoms with Gasteiger partial charge in [0.2, 0.25) is 5.95 Å². The van der Waals surface area contributed by atoms with Crippen LogP contribution in [-0.4, -0.2) is 92.3 Å². The van der Waals surface area contributed by atoms with Crippen LogP contribution in [0.25, 0.3) is 22.2 Å². The Balaban J connectivity index is 1.56. The van der Waals surface area contributed by atoms with Crippen LogP contribution in [-0.2, 0) is 24.0 Å². The number of morpholine rings is 1. The first-order valence-electron chi connectivity index (χ1n) is 15.5. The number of phosphoric acid groups is 1. The maximum absolute atomic E-state index is 16.4. The number of urea groups is 1. The van der Waals surface area contributed by atoms with Gasteiger partial charge in [0.25, 0.3) is 0 Å². The van der Waals surface area contributed by atoms with E-state index in [0.717, 1.165) is 6.42 Å². The first-order valence-corrected chi connectivity index (χ1v) is 17.0. The molecule has 3 aromatic rings. The van der Waals surface area contributed by atoms with Crippen molar-refractivity contribution >= 4 is 30.8 Å². The molecule has 0 radical (unpaired) electrons. The topological polar surface area (TPSA) is 208 Å². The highest BCUT2D eigenvalue weighted by molar-refractivity contribution is 7.46. The van der Waals surface area contributed by atoms with Crippen molar-refractivity contribution in [2.45, 2.75) is 63.5 Å². The average molecular weight is 675 g/mol. The molecule has 1 unspecified atom stereocenters. The van der Waals surface area contributed by atoms with Crippen LogP contribution in [0.3, 0.4) is 0 Å². The van der Waals surface area contributed by atoms with Crippen molar-refractivity contribution in [3.05, 3.63) is 35.7 Å². The van der Waals surface area contributed by atoms with Crippen molar-refractivity contribution < 1.29 is 37.5 Å². The molecule has 2 amide bonds. The second-order valence-corrected chi connectivity index (χ2v) is 13.3. The minimum atomic E-state index is -4.87. The molecule has 0 bridgehead atoms. The van der Waals surface area contributed by atoms with Gasteiger partial charge in [0.15, 0.2) is 0 Å². The minimum absolute atomic E-state index is 0.0851. The molecule has 2 fully saturated rings. The standard InChI is InChI=1S/C30H40FN8O7P/c1-4-33-28(40)38-27-36-21-15-20(24(31)23(25(21)37-27)22-7-5-12-45-22)19-16-34-26(35-17-19)29(2,3)30(8-6-9-32,18-46-47(41,42)43)39-10-13-44-14-11-39/h15-17,22H,4-8,10-14,18H2,1-3H3,(H2,41,42,43)(H3,33,36,37,38,40)/t22-,30?/m1/s1. The van der Waals surface area contributed by atoms with Crippen LogP contribution in [0.4, 0.5) is 15.1 Å². The number of aromatic nitrogens is 4. The minimum Gasteiger partial charge on any atom is -0.379 e. The highest BCUT2D eigenvalue weighted by Gasteiger charge is 2.53. The second-order valence-electron chi connectivity index (χ2n) is 12.1. The Labute approximate surface area is 271 Å². The van der Waals surface area contributed by atoms with Crippen LogP contribution >= 0.6 is 7.82 Å². The third-order valence-electron chi connectivity index (χ3n) is 8.99. The lowest BCUT2D eigenvalue weighted by atomic mass is 9.67. The number of ether oxygens (including phenoxy) is 2. The molecule has 0 spiro atoms. The van der Waals surface area contributed by atoms with Crippen molar-refractivity contribution in [1.29, 1.82) is 5.26 Å². The fourth-order valence-electron chi connectivity index (χ4n) is 6.49. The van der Waals surface area contributed by atoms with Crippen molar-refractivity contribution in [3.63, 3.8) is 0 Å². The Morgan fingerprint density at radius 1 is 1.28 bits per heavy atom. The van der Waals surface area contributed by atoms with Crippen molar-refractivity contribution in [3.8, 4) is 17.2 Å². The number of nitrogens with zero attached hydrogens (tertiary/aromatic N) is 5. The predicted molar refractivity (Wildman–Crippen MR) is 169 cm³/mol. The number of nitrogens with one attached hydrogen (secondary N) is 3. The number of fused-ring (bicyclic) bond motifs is 1. The summed E-state index contributed by atoms with van der Waals surface area (Å²) in [6.45, 7) is 7.65. The molecule has 5 N–H and O–H groups in total. The first-order chi connectivity index (χ1) is 22.4. The molecule has 5 rings (SSSR count). The number of hydrogen-bond donors (Lipinski definition) is 5. The summed E-state index contributed by atoms with van der Waals surface area (Å²) in [6.07, 6.45) is 4.13. The number of nitriles is 1. The molecule has 17 heteroatoms. The Hall–Kier alpha value is -3.55. The van der Waals surface area contributed by atoms with Gasteiger partial charge in [-0.1, -0.05) is 13.8 Å². The molecule has 1 aromatic carbocycles. The van der Waals surface area contributed by atoms with Gasteiger partial charge in [-0.2, -0.15) is 5.26 Å². The summed E-state index contributed by atoms with van der Waals surface area (Å²) in [4.78, 5) is 50.3. The van der Waals surface area contributed by atoms with Crippen LogP contribution < -0.4 is 10.6 Å². The summed E-state index contributed by atoms with van der Waals surface area (Å²) in [7, 11) is -4.87. The van der Waals surface area contributed by atoms with E-state index in [1.807, 2.05) is 18.7 Å². The van der Waals surface area contributed by atoms with Gasteiger partial charge in [-0.25, -0.2) is 28.7 Å². The van der Waals surface area contributed by atoms with E-state index in [2.05, 4.69) is 36.6 Å². The number of anilines is 1. The van der Waals surface area contributed by atoms with Crippen LogP contribution in [0.5, 0.6) is 0 Å². The normalized spacial score (nSPS) is 19.0. The van der Waals surface area contributed by atoms with E-state index >= 15 is 4.39 Å². The zero-order chi connectivity index (χ0) is 33.8. The summed E-state index contributed by atoms with van der Waals surface area (Å²) >= 11 is 0. The molecule has 2 aliphatic rings. The van der Waals surface area contributed by atoms with Crippen molar-refractivity contribution in [2.24, 2.45) is 0 Å². The lowest BCUT2D eigenvalue weighted by Crippen LogP contribution is -2.65. The molecule has 2 atom stereocenters. The zero-order valence-corrected chi connectivity index (χ0v) is 27.5. The van der Waals surface area contributed by atoms with Gasteiger partial charge in [-0.15, -0.1) is 0 Å². The summed E-state index contributed by atoms with van der Waals surface area (Å²) < 4.78 is 44.8. The van der Waals surface area contributed by atoms with E-state index in [4.69, 9.17) is 14.0 Å². The Bertz CT molecular complexity index is 1660. The third-order valence-corrected chi connectivity index (χ3v) is 9.46. The van der Waals surface area contributed by atoms with Gasteiger partial charge in [0.05, 0.1) is 48.6 Å². The van der Waals surface area contributed by atoms with Crippen molar-refractivity contribution in [1.82, 2.24) is 30.2 Å². The largest absolute Gasteiger partial charge is 0.469 e. The number of phosphoric ester groups is 1. The number of aromatic amines is 1. The molecule has 2 saturated heterocycles. The Morgan fingerprint density at radius 2 is 2.00 bits per heavy atom. The number of halogens is 1. The number of hydrogen-bond acceptors (Lipinski definition) is 10. The van der Waals surface area contributed by atoms with Gasteiger partial charge in [0, 0.05) is 67.2 Å². The van der Waals surface area contributed by atoms with Gasteiger partial charge in [-0.05, 0) is 32.3 Å². The maximum Gasteiger partial charge on any atom is 0.469 e. The lowest BCUT2D eigenvalue weighted by Gasteiger charge is -2.53. The third kappa shape index (κ3) is 7.31. The zero-order valence-electron chi connectivity index (χ0n) is 26.6. The van der Waals surface area contributed by atoms with Crippen LogP contribution in [0, 0.1) is 17.1 Å². The smallest absolute Gasteiger partial charge is 0.379 e. The summed E-state index contributed by atoms with van der Waals surface area (Å²) in [5, 5.41) is 14.8. The number of amides is 2. The number of carbonyl (C=O) groups is 1. The van der Waals surface area contributed by atoms with E-state index in [1.54, 1.807) is 13.0 Å². The molecule has 0 aliphatic carbocycles. The number of imidazole rings is 1. The molecular formula is C30H40FN8O7P. The Morgan fingerprint density at radius 3 is 2.62 bits per heavy atom. The molecule has 0 saturated carbocycles. The first kappa shape index (κ1) is 34.8. The maximum atomic E-state index is 16.4. The van der Waals surface area contributed by atoms with E-state index < -0.39 is 36.7 Å². The van der Waals surface area contributed by atoms with Crippen LogP contribution in [0.15, 0.2) is 18.5 Å². The van der Waals surface area contributed by atoms with E-state index in [9.17, 15) is 24.4 Å². The van der Waals surface area contributed by atoms with Gasteiger partial charge >= 0.3 is 13.9 Å². The summed E-state index contributed by atoms with van der Waals surface area (Å²) in [5.74, 6) is -0.0666. The van der Waals surface area contributed by atoms with Crippen molar-refractivity contribution in [2.75, 3.05) is 51.4 Å². The van der Waals surface area contributed by atoms with E-state index in [1.165, 1.54) is 12.4 Å². The summed E-state index contributed by atoms with van der Waals surface area (Å²) in [6, 6.07) is 3.28. The SMILES string of the molecule is CCNC(=O)Nc1nc2c([C@H]3CCCO3)c(F)c(-c3cnc(C(C)(C)C(CCC#N)(COP(=O)(O)O)N4CCOCC4)nc3)cc2[nH]1. The predicted octanol–water partition coefficient (Wildman–Crippen LogP) is 3.91. The van der Waals surface area contributed by atoms with E-state index in [-0.39, 0.29) is 36.5 Å². The lowest BCUT2D eigenvalue weighted by molar-refractivity contribution is -0.0789. The highest BCUT2D eigenvalue weighted by Crippen LogP contribution is 2.46. The number of carbonyl (C=O) groups excluding carboxylic acids is 1. The quantitative estimate of drug-likeness (QED) is 0.173. The molecule has 254 valence electrons. The van der Waals surface area contributed by atoms with Gasteiger partial charge < -0.3 is 29.6 Å². The second kappa shape index (κ2) is 14.3. The average Bonchev–Trinajstić information content (AvgIpc) is 3.71. The van der Waals surface area contributed by atoms with Crippen LogP contribution in [0.2, 0.25) is 0 Å². The molecule has 47 heavy (non-hydrogen) atoms. The van der Waals surface area contributed by atoms with Crippen LogP contribution in [0.1, 0.15) is 63.9 Å². The molecule has 2 aliphatic heterocycles. The highest BCUT2D eigenvalue weighted by atomic mass is 31.2. The number of rotatable bonds is 12. The Kier molecular flexibility index (Phi) is 10.6. The molecular weight excluding hydrogens is 634 g/mol. The van der Waals surface area contributed by atoms with Gasteiger partial charge in [0.1, 0.15) is 11.6 Å². The van der Waals surface area contributed by atoms with Gasteiger partial charge in [-0.3, -0.25) is 14.7 Å². The molecule has 2 aromatic heterocycles. The van der Waals surface area contributed by atoms with E-state index in [0.29, 0.717) is 68.3 Å². The summed E-state index contributed by atoms with van der Waals surface area (Å²) in [5.41, 5.74) is -0.427. The fourth-order valence-corrected chi connectivity index (χ4v) is 6.87. The monoisotopic (exact) mass is 674 g/mol. The number of H-pyrrole nitrogens is 1. The molecule has 15 nitrogen and oxygen atoms in total. The molecule has 4 heterocycles. The number of benzene rings is 1. The fraction of sp³-hybridized carbons (Fsp3) is 0.567.